The Morgan fingerprint density at radius 3 is 2.25 bits per heavy atom. The number of aliphatic imine (C=N–C) groups is 2. The Balaban J connectivity index is 0.000000141. The summed E-state index contributed by atoms with van der Waals surface area (Å²) in [6, 6.07) is 0.651. The maximum atomic E-state index is 5.55. The van der Waals surface area contributed by atoms with Gasteiger partial charge in [0.05, 0.1) is 23.3 Å². The fourth-order valence-electron chi connectivity index (χ4n) is 2.29. The summed E-state index contributed by atoms with van der Waals surface area (Å²) in [5, 5.41) is 3.48. The first-order valence-electron chi connectivity index (χ1n) is 7.46. The van der Waals surface area contributed by atoms with Crippen molar-refractivity contribution in [3.63, 3.8) is 0 Å². The van der Waals surface area contributed by atoms with Gasteiger partial charge in [0.2, 0.25) is 0 Å². The number of aromatic nitrogens is 3. The lowest BCUT2D eigenvalue weighted by molar-refractivity contribution is 0.730. The highest BCUT2D eigenvalue weighted by molar-refractivity contribution is 8.14. The molecule has 0 aromatic carbocycles. The molecule has 10 heteroatoms. The first kappa shape index (κ1) is 17.3. The minimum Gasteiger partial charge on any atom is -0.379 e. The molecule has 5 N–H and O–H groups in total. The first-order valence-corrected chi connectivity index (χ1v) is 10.4. The number of thiazole rings is 1. The molecule has 0 unspecified atom stereocenters. The largest absolute Gasteiger partial charge is 0.379 e. The van der Waals surface area contributed by atoms with E-state index in [0.717, 1.165) is 41.0 Å². The van der Waals surface area contributed by atoms with Gasteiger partial charge in [-0.25, -0.2) is 9.97 Å². The van der Waals surface area contributed by atoms with E-state index in [9.17, 15) is 0 Å². The van der Waals surface area contributed by atoms with Crippen LogP contribution in [-0.2, 0) is 12.8 Å². The average molecular weight is 382 g/mol. The van der Waals surface area contributed by atoms with Gasteiger partial charge in [0.1, 0.15) is 5.82 Å². The van der Waals surface area contributed by atoms with Crippen LogP contribution >= 0.6 is 34.9 Å². The summed E-state index contributed by atoms with van der Waals surface area (Å²) < 4.78 is 0. The molecule has 0 fully saturated rings. The summed E-state index contributed by atoms with van der Waals surface area (Å²) in [4.78, 5) is 19.9. The highest BCUT2D eigenvalue weighted by atomic mass is 32.2. The molecule has 2 aliphatic heterocycles. The van der Waals surface area contributed by atoms with Gasteiger partial charge >= 0.3 is 0 Å². The van der Waals surface area contributed by atoms with Gasteiger partial charge in [0.25, 0.3) is 0 Å². The fraction of sp³-hybridized carbons (Fsp3) is 0.429. The topological polar surface area (TPSA) is 118 Å². The Hall–Kier alpha value is -1.52. The summed E-state index contributed by atoms with van der Waals surface area (Å²) in [6.45, 7) is 0. The highest BCUT2D eigenvalue weighted by Crippen LogP contribution is 2.18. The SMILES string of the molecule is NC1=N[C@@H](Cc2ncc[nH]2)CS1.NC1=N[C@H](Cc2cscn2)CS1. The number of amidine groups is 2. The molecule has 0 saturated carbocycles. The van der Waals surface area contributed by atoms with Crippen molar-refractivity contribution in [1.29, 1.82) is 0 Å². The van der Waals surface area contributed by atoms with Gasteiger partial charge < -0.3 is 16.5 Å². The molecule has 4 rings (SSSR count). The number of H-pyrrole nitrogens is 1. The third-order valence-electron chi connectivity index (χ3n) is 3.38. The van der Waals surface area contributed by atoms with Crippen LogP contribution in [0.2, 0.25) is 0 Å². The van der Waals surface area contributed by atoms with Gasteiger partial charge in [-0.1, -0.05) is 23.5 Å². The fourth-order valence-corrected chi connectivity index (χ4v) is 4.42. The zero-order valence-corrected chi connectivity index (χ0v) is 15.4. The number of nitrogens with two attached hydrogens (primary N) is 2. The van der Waals surface area contributed by atoms with Crippen LogP contribution in [0.3, 0.4) is 0 Å². The summed E-state index contributed by atoms with van der Waals surface area (Å²) in [5.41, 5.74) is 14.1. The number of hydrogen-bond donors (Lipinski definition) is 3. The van der Waals surface area contributed by atoms with Gasteiger partial charge in [-0.3, -0.25) is 9.98 Å². The van der Waals surface area contributed by atoms with Gasteiger partial charge in [-0.05, 0) is 0 Å². The molecule has 0 spiro atoms. The van der Waals surface area contributed by atoms with Crippen molar-refractivity contribution >= 4 is 45.2 Å². The second kappa shape index (κ2) is 8.54. The van der Waals surface area contributed by atoms with E-state index in [1.807, 2.05) is 11.7 Å². The van der Waals surface area contributed by atoms with Crippen molar-refractivity contribution in [1.82, 2.24) is 15.0 Å². The van der Waals surface area contributed by atoms with Crippen LogP contribution in [0, 0.1) is 0 Å². The third-order valence-corrected chi connectivity index (χ3v) is 5.92. The van der Waals surface area contributed by atoms with Crippen LogP contribution in [0.5, 0.6) is 0 Å². The summed E-state index contributed by atoms with van der Waals surface area (Å²) >= 11 is 4.87. The number of aromatic amines is 1. The number of nitrogens with one attached hydrogen (secondary N) is 1. The quantitative estimate of drug-likeness (QED) is 0.738. The lowest BCUT2D eigenvalue weighted by Gasteiger charge is -2.00. The zero-order chi connectivity index (χ0) is 16.8. The average Bonchev–Trinajstić information content (AvgIpc) is 3.31. The van der Waals surface area contributed by atoms with E-state index in [2.05, 4.69) is 30.3 Å². The maximum absolute atomic E-state index is 5.55. The Morgan fingerprint density at radius 2 is 1.75 bits per heavy atom. The lowest BCUT2D eigenvalue weighted by Crippen LogP contribution is -2.09. The van der Waals surface area contributed by atoms with E-state index >= 15 is 0 Å². The van der Waals surface area contributed by atoms with Crippen LogP contribution in [-0.4, -0.2) is 48.9 Å². The van der Waals surface area contributed by atoms with Crippen molar-refractivity contribution in [2.24, 2.45) is 21.5 Å². The molecular formula is C14H19N7S3. The maximum Gasteiger partial charge on any atom is 0.154 e. The molecule has 0 radical (unpaired) electrons. The van der Waals surface area contributed by atoms with Crippen LogP contribution in [0.1, 0.15) is 11.5 Å². The minimum absolute atomic E-state index is 0.307. The lowest BCUT2D eigenvalue weighted by atomic mass is 10.2. The van der Waals surface area contributed by atoms with E-state index < -0.39 is 0 Å². The van der Waals surface area contributed by atoms with Gasteiger partial charge in [0, 0.05) is 42.1 Å². The van der Waals surface area contributed by atoms with Crippen molar-refractivity contribution in [2.45, 2.75) is 24.9 Å². The monoisotopic (exact) mass is 381 g/mol. The molecule has 0 saturated heterocycles. The summed E-state index contributed by atoms with van der Waals surface area (Å²) in [7, 11) is 0. The summed E-state index contributed by atoms with van der Waals surface area (Å²) in [5.74, 6) is 2.97. The molecule has 0 aliphatic carbocycles. The molecule has 4 heterocycles. The Kier molecular flexibility index (Phi) is 6.16. The predicted molar refractivity (Wildman–Crippen MR) is 104 cm³/mol. The second-order valence-corrected chi connectivity index (χ2v) is 8.09. The normalized spacial score (nSPS) is 22.7. The van der Waals surface area contributed by atoms with E-state index in [1.165, 1.54) is 0 Å². The van der Waals surface area contributed by atoms with E-state index in [-0.39, 0.29) is 0 Å². The zero-order valence-electron chi connectivity index (χ0n) is 13.0. The first-order chi connectivity index (χ1) is 11.7. The van der Waals surface area contributed by atoms with E-state index in [1.54, 1.807) is 41.1 Å². The number of nitrogens with zero attached hydrogens (tertiary/aromatic N) is 4. The molecule has 0 bridgehead atoms. The molecule has 2 aliphatic rings. The molecule has 128 valence electrons. The van der Waals surface area contributed by atoms with Crippen molar-refractivity contribution in [2.75, 3.05) is 11.5 Å². The minimum atomic E-state index is 0.307. The van der Waals surface area contributed by atoms with Crippen LogP contribution < -0.4 is 11.5 Å². The molecule has 24 heavy (non-hydrogen) atoms. The second-order valence-electron chi connectivity index (χ2n) is 5.29. The third kappa shape index (κ3) is 5.25. The molecule has 7 nitrogen and oxygen atoms in total. The molecule has 2 aromatic heterocycles. The number of hydrogen-bond acceptors (Lipinski definition) is 9. The number of thioether (sulfide) groups is 2. The molecular weight excluding hydrogens is 362 g/mol. The number of rotatable bonds is 4. The molecule has 0 amide bonds. The van der Waals surface area contributed by atoms with Crippen LogP contribution in [0.4, 0.5) is 0 Å². The van der Waals surface area contributed by atoms with Crippen LogP contribution in [0.25, 0.3) is 0 Å². The van der Waals surface area contributed by atoms with Crippen molar-refractivity contribution in [3.8, 4) is 0 Å². The van der Waals surface area contributed by atoms with Crippen molar-refractivity contribution in [3.05, 3.63) is 34.8 Å². The smallest absolute Gasteiger partial charge is 0.154 e. The molecule has 2 aromatic rings. The Morgan fingerprint density at radius 1 is 1.04 bits per heavy atom. The predicted octanol–water partition coefficient (Wildman–Crippen LogP) is 1.50. The van der Waals surface area contributed by atoms with Crippen molar-refractivity contribution < 1.29 is 0 Å². The van der Waals surface area contributed by atoms with Gasteiger partial charge in [-0.15, -0.1) is 11.3 Å². The Bertz CT molecular complexity index is 621. The van der Waals surface area contributed by atoms with E-state index in [4.69, 9.17) is 11.5 Å². The Labute approximate surface area is 152 Å². The summed E-state index contributed by atoms with van der Waals surface area (Å²) in [6.07, 6.45) is 5.37. The molecule has 2 atom stereocenters. The van der Waals surface area contributed by atoms with E-state index in [0.29, 0.717) is 17.3 Å². The van der Waals surface area contributed by atoms with Gasteiger partial charge in [-0.2, -0.15) is 0 Å². The van der Waals surface area contributed by atoms with Crippen LogP contribution in [0.15, 0.2) is 33.3 Å². The standard InChI is InChI=1S/C7H10N4S.C7H9N3S2/c8-7-11-5(4-12-7)3-6-9-1-2-10-6;8-7-10-6(3-12-7)1-5-2-11-4-9-5/h1-2,5H,3-4H2,(H2,8,11)(H,9,10);2,4,6H,1,3H2,(H2,8,10)/t5-;6-/m01/s1. The number of imidazole rings is 1. The highest BCUT2D eigenvalue weighted by Gasteiger charge is 2.17. The van der Waals surface area contributed by atoms with Gasteiger partial charge in [0.15, 0.2) is 10.3 Å².